The lowest BCUT2D eigenvalue weighted by Crippen LogP contribution is -2.37. The molecule has 1 unspecified atom stereocenters. The van der Waals surface area contributed by atoms with Gasteiger partial charge in [-0.15, -0.1) is 0 Å². The van der Waals surface area contributed by atoms with Crippen LogP contribution in [0.1, 0.15) is 12.8 Å². The summed E-state index contributed by atoms with van der Waals surface area (Å²) in [5.74, 6) is 0.106. The first-order valence-electron chi connectivity index (χ1n) is 5.51. The van der Waals surface area contributed by atoms with Crippen LogP contribution in [0.5, 0.6) is 11.5 Å². The van der Waals surface area contributed by atoms with Crippen molar-refractivity contribution in [1.82, 2.24) is 5.32 Å². The maximum Gasteiger partial charge on any atom is 0.273 e. The van der Waals surface area contributed by atoms with Crippen molar-refractivity contribution < 1.29 is 14.8 Å². The number of nitro groups is 1. The number of nitrogens with one attached hydrogen (secondary N) is 1. The van der Waals surface area contributed by atoms with Gasteiger partial charge in [0.2, 0.25) is 0 Å². The van der Waals surface area contributed by atoms with E-state index in [0.717, 1.165) is 19.4 Å². The van der Waals surface area contributed by atoms with Crippen LogP contribution in [0.2, 0.25) is 0 Å². The van der Waals surface area contributed by atoms with Gasteiger partial charge in [0.1, 0.15) is 6.10 Å². The van der Waals surface area contributed by atoms with Crippen LogP contribution >= 0.6 is 0 Å². The monoisotopic (exact) mass is 238 g/mol. The molecule has 1 fully saturated rings. The number of ether oxygens (including phenoxy) is 1. The molecule has 6 heteroatoms. The summed E-state index contributed by atoms with van der Waals surface area (Å²) < 4.78 is 5.56. The molecule has 0 aromatic heterocycles. The molecule has 17 heavy (non-hydrogen) atoms. The number of hydrogen-bond acceptors (Lipinski definition) is 5. The lowest BCUT2D eigenvalue weighted by molar-refractivity contribution is -0.385. The van der Waals surface area contributed by atoms with Crippen molar-refractivity contribution in [2.75, 3.05) is 13.1 Å². The Kier molecular flexibility index (Phi) is 3.43. The Morgan fingerprint density at radius 2 is 2.35 bits per heavy atom. The number of phenols is 1. The first-order chi connectivity index (χ1) is 8.16. The third kappa shape index (κ3) is 2.85. The van der Waals surface area contributed by atoms with Gasteiger partial charge in [0.25, 0.3) is 5.69 Å². The zero-order valence-corrected chi connectivity index (χ0v) is 9.26. The number of non-ortho nitro benzene ring substituents is 1. The van der Waals surface area contributed by atoms with Crippen LogP contribution in [-0.4, -0.2) is 29.2 Å². The summed E-state index contributed by atoms with van der Waals surface area (Å²) in [6.07, 6.45) is 1.84. The van der Waals surface area contributed by atoms with Gasteiger partial charge >= 0.3 is 0 Å². The number of rotatable bonds is 3. The van der Waals surface area contributed by atoms with Crippen LogP contribution < -0.4 is 10.1 Å². The largest absolute Gasteiger partial charge is 0.504 e. The van der Waals surface area contributed by atoms with Gasteiger partial charge in [0.15, 0.2) is 11.5 Å². The highest BCUT2D eigenvalue weighted by Crippen LogP contribution is 2.31. The molecule has 1 atom stereocenters. The van der Waals surface area contributed by atoms with Gasteiger partial charge in [-0.3, -0.25) is 10.1 Å². The fraction of sp³-hybridized carbons (Fsp3) is 0.455. The number of nitro benzene ring substituents is 1. The normalized spacial score (nSPS) is 19.9. The third-order valence-electron chi connectivity index (χ3n) is 2.70. The second-order valence-electron chi connectivity index (χ2n) is 4.00. The van der Waals surface area contributed by atoms with Gasteiger partial charge in [0, 0.05) is 12.6 Å². The minimum absolute atomic E-state index is 0.0448. The molecule has 0 saturated carbocycles. The SMILES string of the molecule is O=[N+]([O-])c1ccc(O)c(OC2CCCNC2)c1. The highest BCUT2D eigenvalue weighted by atomic mass is 16.6. The van der Waals surface area contributed by atoms with Crippen molar-refractivity contribution in [2.24, 2.45) is 0 Å². The summed E-state index contributed by atoms with van der Waals surface area (Å²) in [5.41, 5.74) is -0.0819. The molecule has 1 heterocycles. The van der Waals surface area contributed by atoms with Gasteiger partial charge in [-0.05, 0) is 25.5 Å². The van der Waals surface area contributed by atoms with Crippen molar-refractivity contribution in [1.29, 1.82) is 0 Å². The quantitative estimate of drug-likeness (QED) is 0.614. The number of piperidine rings is 1. The van der Waals surface area contributed by atoms with Crippen LogP contribution in [0, 0.1) is 10.1 Å². The van der Waals surface area contributed by atoms with E-state index >= 15 is 0 Å². The summed E-state index contributed by atoms with van der Waals surface area (Å²) in [6.45, 7) is 1.66. The fourth-order valence-corrected chi connectivity index (χ4v) is 1.81. The topological polar surface area (TPSA) is 84.6 Å². The number of aromatic hydroxyl groups is 1. The predicted octanol–water partition coefficient (Wildman–Crippen LogP) is 1.43. The Balaban J connectivity index is 2.13. The number of phenolic OH excluding ortho intramolecular Hbond substituents is 1. The molecule has 1 aliphatic rings. The van der Waals surface area contributed by atoms with Crippen LogP contribution in [0.15, 0.2) is 18.2 Å². The molecular weight excluding hydrogens is 224 g/mol. The van der Waals surface area contributed by atoms with E-state index in [1.807, 2.05) is 0 Å². The smallest absolute Gasteiger partial charge is 0.273 e. The molecule has 0 spiro atoms. The summed E-state index contributed by atoms with van der Waals surface area (Å²) in [6, 6.07) is 3.79. The van der Waals surface area contributed by atoms with Gasteiger partial charge in [-0.1, -0.05) is 0 Å². The molecule has 0 amide bonds. The van der Waals surface area contributed by atoms with Gasteiger partial charge < -0.3 is 15.2 Å². The molecule has 2 N–H and O–H groups in total. The Bertz CT molecular complexity index is 416. The molecule has 1 aromatic rings. The maximum atomic E-state index is 10.6. The molecule has 92 valence electrons. The Morgan fingerprint density at radius 3 is 3.00 bits per heavy atom. The summed E-state index contributed by atoms with van der Waals surface area (Å²) >= 11 is 0. The summed E-state index contributed by atoms with van der Waals surface area (Å²) in [7, 11) is 0. The standard InChI is InChI=1S/C11H14N2O4/c14-10-4-3-8(13(15)16)6-11(10)17-9-2-1-5-12-7-9/h3-4,6,9,12,14H,1-2,5,7H2. The molecule has 1 aliphatic heterocycles. The molecule has 0 bridgehead atoms. The van der Waals surface area contributed by atoms with Gasteiger partial charge in [-0.2, -0.15) is 0 Å². The van der Waals surface area contributed by atoms with E-state index in [1.54, 1.807) is 0 Å². The minimum atomic E-state index is -0.509. The van der Waals surface area contributed by atoms with Crippen LogP contribution in [-0.2, 0) is 0 Å². The average molecular weight is 238 g/mol. The van der Waals surface area contributed by atoms with Gasteiger partial charge in [-0.25, -0.2) is 0 Å². The van der Waals surface area contributed by atoms with Crippen molar-refractivity contribution in [2.45, 2.75) is 18.9 Å². The number of hydrogen-bond donors (Lipinski definition) is 2. The zero-order chi connectivity index (χ0) is 12.3. The average Bonchev–Trinajstić information content (AvgIpc) is 2.33. The lowest BCUT2D eigenvalue weighted by Gasteiger charge is -2.24. The lowest BCUT2D eigenvalue weighted by atomic mass is 10.1. The van der Waals surface area contributed by atoms with Crippen molar-refractivity contribution in [3.8, 4) is 11.5 Å². The molecular formula is C11H14N2O4. The maximum absolute atomic E-state index is 10.6. The number of nitrogens with zero attached hydrogens (tertiary/aromatic N) is 1. The summed E-state index contributed by atoms with van der Waals surface area (Å²) in [4.78, 5) is 10.1. The number of benzene rings is 1. The molecule has 2 rings (SSSR count). The van der Waals surface area contributed by atoms with E-state index in [4.69, 9.17) is 4.74 Å². The van der Waals surface area contributed by atoms with E-state index < -0.39 is 4.92 Å². The highest BCUT2D eigenvalue weighted by molar-refractivity contribution is 5.47. The molecule has 0 radical (unpaired) electrons. The molecule has 0 aliphatic carbocycles. The van der Waals surface area contributed by atoms with Crippen LogP contribution in [0.3, 0.4) is 0 Å². The Hall–Kier alpha value is -1.82. The second-order valence-corrected chi connectivity index (χ2v) is 4.00. The molecule has 1 aromatic carbocycles. The first kappa shape index (κ1) is 11.7. The Labute approximate surface area is 98.4 Å². The van der Waals surface area contributed by atoms with Crippen molar-refractivity contribution >= 4 is 5.69 Å². The van der Waals surface area contributed by atoms with E-state index in [-0.39, 0.29) is 23.3 Å². The van der Waals surface area contributed by atoms with Crippen LogP contribution in [0.4, 0.5) is 5.69 Å². The fourth-order valence-electron chi connectivity index (χ4n) is 1.81. The van der Waals surface area contributed by atoms with Crippen molar-refractivity contribution in [3.05, 3.63) is 28.3 Å². The van der Waals surface area contributed by atoms with Crippen molar-refractivity contribution in [3.63, 3.8) is 0 Å². The van der Waals surface area contributed by atoms with Crippen LogP contribution in [0.25, 0.3) is 0 Å². The second kappa shape index (κ2) is 5.01. The van der Waals surface area contributed by atoms with E-state index in [0.29, 0.717) is 6.54 Å². The molecule has 1 saturated heterocycles. The Morgan fingerprint density at radius 1 is 1.53 bits per heavy atom. The van der Waals surface area contributed by atoms with E-state index in [2.05, 4.69) is 5.32 Å². The zero-order valence-electron chi connectivity index (χ0n) is 9.26. The summed E-state index contributed by atoms with van der Waals surface area (Å²) in [5, 5.41) is 23.4. The third-order valence-corrected chi connectivity index (χ3v) is 2.70. The highest BCUT2D eigenvalue weighted by Gasteiger charge is 2.18. The van der Waals surface area contributed by atoms with Gasteiger partial charge in [0.05, 0.1) is 11.0 Å². The first-order valence-corrected chi connectivity index (χ1v) is 5.51. The van der Waals surface area contributed by atoms with E-state index in [1.165, 1.54) is 18.2 Å². The molecule has 6 nitrogen and oxygen atoms in total. The predicted molar refractivity (Wildman–Crippen MR) is 61.3 cm³/mol. The van der Waals surface area contributed by atoms with E-state index in [9.17, 15) is 15.2 Å². The minimum Gasteiger partial charge on any atom is -0.504 e.